The molecule has 0 bridgehead atoms. The fraction of sp³-hybridized carbons (Fsp3) is 0.429. The molecule has 1 aliphatic rings. The van der Waals surface area contributed by atoms with Crippen LogP contribution < -0.4 is 16.1 Å². The first-order chi connectivity index (χ1) is 10.4. The lowest BCUT2D eigenvalue weighted by Gasteiger charge is -2.30. The maximum Gasteiger partial charge on any atom is 0.256 e. The number of amides is 1. The molecule has 0 unspecified atom stereocenters. The van der Waals surface area contributed by atoms with Crippen LogP contribution in [0.5, 0.6) is 0 Å². The third kappa shape index (κ3) is 3.76. The normalized spacial score (nSPS) is 16.0. The molecule has 7 nitrogen and oxygen atoms in total. The Morgan fingerprint density at radius 1 is 1.32 bits per heavy atom. The van der Waals surface area contributed by atoms with Crippen molar-refractivity contribution < 1.29 is 13.2 Å². The van der Waals surface area contributed by atoms with Gasteiger partial charge in [-0.05, 0) is 37.5 Å². The monoisotopic (exact) mass is 324 g/mol. The molecule has 1 aromatic rings. The number of carbonyl (C=O) groups excluding carboxylic acids is 1. The molecule has 0 aliphatic carbocycles. The first-order valence-corrected chi connectivity index (χ1v) is 8.94. The standard InChI is InChI=1S/C14H20N4O3S/c1-22(20,21)13-9-11(14(19)16-10-17-15)5-6-12(13)18-7-3-2-4-8-18/h5-6,9-10H,2-4,7-8,15H2,1H3,(H,16,17,19). The van der Waals surface area contributed by atoms with Crippen molar-refractivity contribution in [2.45, 2.75) is 24.2 Å². The van der Waals surface area contributed by atoms with Crippen LogP contribution >= 0.6 is 0 Å². The van der Waals surface area contributed by atoms with Gasteiger partial charge in [0.15, 0.2) is 9.84 Å². The Labute approximate surface area is 130 Å². The number of carbonyl (C=O) groups is 1. The van der Waals surface area contributed by atoms with E-state index in [9.17, 15) is 13.2 Å². The molecule has 0 spiro atoms. The van der Waals surface area contributed by atoms with Gasteiger partial charge in [0, 0.05) is 24.9 Å². The van der Waals surface area contributed by atoms with Crippen molar-refractivity contribution in [3.05, 3.63) is 23.8 Å². The number of anilines is 1. The molecule has 1 saturated heterocycles. The Morgan fingerprint density at radius 2 is 2.00 bits per heavy atom. The highest BCUT2D eigenvalue weighted by atomic mass is 32.2. The third-order valence-corrected chi connectivity index (χ3v) is 4.71. The molecule has 0 radical (unpaired) electrons. The average Bonchev–Trinajstić information content (AvgIpc) is 2.52. The van der Waals surface area contributed by atoms with E-state index in [1.807, 2.05) is 0 Å². The second-order valence-electron chi connectivity index (χ2n) is 5.25. The zero-order valence-electron chi connectivity index (χ0n) is 12.4. The minimum absolute atomic E-state index is 0.173. The van der Waals surface area contributed by atoms with E-state index in [0.717, 1.165) is 44.9 Å². The highest BCUT2D eigenvalue weighted by molar-refractivity contribution is 7.90. The van der Waals surface area contributed by atoms with Crippen LogP contribution in [0.25, 0.3) is 0 Å². The van der Waals surface area contributed by atoms with Crippen molar-refractivity contribution in [2.24, 2.45) is 10.9 Å². The lowest BCUT2D eigenvalue weighted by atomic mass is 10.1. The van der Waals surface area contributed by atoms with E-state index in [0.29, 0.717) is 5.69 Å². The number of hydrazone groups is 1. The van der Waals surface area contributed by atoms with Crippen molar-refractivity contribution in [3.8, 4) is 0 Å². The van der Waals surface area contributed by atoms with E-state index in [1.165, 1.54) is 6.07 Å². The highest BCUT2D eigenvalue weighted by Gasteiger charge is 2.21. The molecule has 22 heavy (non-hydrogen) atoms. The highest BCUT2D eigenvalue weighted by Crippen LogP contribution is 2.29. The van der Waals surface area contributed by atoms with Gasteiger partial charge in [-0.25, -0.2) is 8.42 Å². The Balaban J connectivity index is 2.41. The number of sulfone groups is 1. The van der Waals surface area contributed by atoms with Crippen LogP contribution in [0.2, 0.25) is 0 Å². The number of nitrogens with two attached hydrogens (primary N) is 1. The fourth-order valence-corrected chi connectivity index (χ4v) is 3.45. The van der Waals surface area contributed by atoms with Crippen LogP contribution in [0.4, 0.5) is 5.69 Å². The lowest BCUT2D eigenvalue weighted by molar-refractivity contribution is 0.0978. The average molecular weight is 324 g/mol. The molecule has 0 atom stereocenters. The summed E-state index contributed by atoms with van der Waals surface area (Å²) >= 11 is 0. The summed E-state index contributed by atoms with van der Waals surface area (Å²) in [6, 6.07) is 4.70. The maximum absolute atomic E-state index is 12.1. The number of nitrogens with one attached hydrogen (secondary N) is 1. The first-order valence-electron chi connectivity index (χ1n) is 7.05. The van der Waals surface area contributed by atoms with Gasteiger partial charge in [-0.3, -0.25) is 4.79 Å². The van der Waals surface area contributed by atoms with Gasteiger partial charge < -0.3 is 16.1 Å². The minimum Gasteiger partial charge on any atom is -0.370 e. The van der Waals surface area contributed by atoms with E-state index < -0.39 is 15.7 Å². The van der Waals surface area contributed by atoms with Gasteiger partial charge in [-0.2, -0.15) is 5.10 Å². The van der Waals surface area contributed by atoms with Gasteiger partial charge in [-0.1, -0.05) is 0 Å². The molecule has 8 heteroatoms. The maximum atomic E-state index is 12.1. The summed E-state index contributed by atoms with van der Waals surface area (Å²) in [5.74, 6) is 4.47. The van der Waals surface area contributed by atoms with Crippen molar-refractivity contribution in [1.82, 2.24) is 5.32 Å². The van der Waals surface area contributed by atoms with Gasteiger partial charge >= 0.3 is 0 Å². The zero-order chi connectivity index (χ0) is 16.2. The second kappa shape index (κ2) is 6.78. The molecular weight excluding hydrogens is 304 g/mol. The Hall–Kier alpha value is -2.09. The Morgan fingerprint density at radius 3 is 2.59 bits per heavy atom. The SMILES string of the molecule is CS(=O)(=O)c1cc(C(=O)NC=NN)ccc1N1CCCCC1. The van der Waals surface area contributed by atoms with E-state index in [1.54, 1.807) is 12.1 Å². The van der Waals surface area contributed by atoms with Crippen LogP contribution in [-0.4, -0.2) is 40.0 Å². The van der Waals surface area contributed by atoms with Gasteiger partial charge in [0.05, 0.1) is 10.6 Å². The number of rotatable bonds is 4. The van der Waals surface area contributed by atoms with Crippen LogP contribution in [0.1, 0.15) is 29.6 Å². The molecule has 0 aromatic heterocycles. The number of hydrogen-bond acceptors (Lipinski definition) is 6. The number of benzene rings is 1. The van der Waals surface area contributed by atoms with Gasteiger partial charge in [0.1, 0.15) is 6.34 Å². The van der Waals surface area contributed by atoms with Crippen molar-refractivity contribution >= 4 is 27.8 Å². The van der Waals surface area contributed by atoms with Gasteiger partial charge in [0.25, 0.3) is 5.91 Å². The molecule has 1 aromatic carbocycles. The first kappa shape index (κ1) is 16.3. The van der Waals surface area contributed by atoms with Gasteiger partial charge in [-0.15, -0.1) is 0 Å². The molecule has 3 N–H and O–H groups in total. The molecule has 2 rings (SSSR count). The molecule has 120 valence electrons. The molecule has 1 fully saturated rings. The van der Waals surface area contributed by atoms with Crippen molar-refractivity contribution in [3.63, 3.8) is 0 Å². The van der Waals surface area contributed by atoms with E-state index in [4.69, 9.17) is 5.84 Å². The van der Waals surface area contributed by atoms with Crippen LogP contribution in [-0.2, 0) is 9.84 Å². The topological polar surface area (TPSA) is 105 Å². The summed E-state index contributed by atoms with van der Waals surface area (Å²) in [5.41, 5.74) is 0.910. The fourth-order valence-electron chi connectivity index (χ4n) is 2.53. The summed E-state index contributed by atoms with van der Waals surface area (Å²) in [5, 5.41) is 5.54. The summed E-state index contributed by atoms with van der Waals surface area (Å²) in [6.45, 7) is 1.65. The smallest absolute Gasteiger partial charge is 0.256 e. The van der Waals surface area contributed by atoms with Crippen molar-refractivity contribution in [2.75, 3.05) is 24.2 Å². The third-order valence-electron chi connectivity index (χ3n) is 3.59. The molecule has 1 amide bonds. The van der Waals surface area contributed by atoms with Gasteiger partial charge in [0.2, 0.25) is 0 Å². The molecular formula is C14H20N4O3S. The molecule has 0 saturated carbocycles. The lowest BCUT2D eigenvalue weighted by Crippen LogP contribution is -2.31. The second-order valence-corrected chi connectivity index (χ2v) is 7.24. The zero-order valence-corrected chi connectivity index (χ0v) is 13.3. The van der Waals surface area contributed by atoms with Crippen LogP contribution in [0.3, 0.4) is 0 Å². The summed E-state index contributed by atoms with van der Waals surface area (Å²) in [7, 11) is -3.44. The predicted octanol–water partition coefficient (Wildman–Crippen LogP) is 0.712. The Kier molecular flexibility index (Phi) is 5.02. The van der Waals surface area contributed by atoms with E-state index in [-0.39, 0.29) is 10.5 Å². The van der Waals surface area contributed by atoms with Crippen molar-refractivity contribution in [1.29, 1.82) is 0 Å². The largest absolute Gasteiger partial charge is 0.370 e. The molecule has 1 heterocycles. The summed E-state index contributed by atoms with van der Waals surface area (Å²) in [6.07, 6.45) is 5.44. The summed E-state index contributed by atoms with van der Waals surface area (Å²) < 4.78 is 24.2. The number of piperidine rings is 1. The Bertz CT molecular complexity index is 679. The number of hydrogen-bond donors (Lipinski definition) is 2. The summed E-state index contributed by atoms with van der Waals surface area (Å²) in [4.78, 5) is 14.1. The number of nitrogens with zero attached hydrogens (tertiary/aromatic N) is 2. The predicted molar refractivity (Wildman–Crippen MR) is 85.8 cm³/mol. The van der Waals surface area contributed by atoms with Crippen LogP contribution in [0.15, 0.2) is 28.2 Å². The van der Waals surface area contributed by atoms with E-state index >= 15 is 0 Å². The van der Waals surface area contributed by atoms with Crippen LogP contribution in [0, 0.1) is 0 Å². The quantitative estimate of drug-likeness (QED) is 0.367. The minimum atomic E-state index is -3.44. The molecule has 1 aliphatic heterocycles. The van der Waals surface area contributed by atoms with E-state index in [2.05, 4.69) is 15.3 Å².